The number of carbonyl (C=O) groups is 1. The zero-order chi connectivity index (χ0) is 12.3. The van der Waals surface area contributed by atoms with Crippen LogP contribution in [0.5, 0.6) is 0 Å². The van der Waals surface area contributed by atoms with E-state index in [0.29, 0.717) is 0 Å². The summed E-state index contributed by atoms with van der Waals surface area (Å²) >= 11 is 0. The van der Waals surface area contributed by atoms with Crippen LogP contribution < -0.4 is 5.32 Å². The van der Waals surface area contributed by atoms with Gasteiger partial charge in [-0.25, -0.2) is 0 Å². The number of rotatable bonds is 2. The van der Waals surface area contributed by atoms with Gasteiger partial charge in [0, 0.05) is 12.4 Å². The molecular weight excluding hydrogens is 228 g/mol. The largest absolute Gasteiger partial charge is 0.318 e. The monoisotopic (exact) mass is 235 g/mol. The van der Waals surface area contributed by atoms with Crippen LogP contribution in [0.1, 0.15) is 10.4 Å². The lowest BCUT2D eigenvalue weighted by Crippen LogP contribution is -2.13. The minimum absolute atomic E-state index is 0.180. The van der Waals surface area contributed by atoms with E-state index in [1.165, 1.54) is 18.5 Å². The highest BCUT2D eigenvalue weighted by Gasteiger charge is 2.10. The van der Waals surface area contributed by atoms with Gasteiger partial charge in [-0.05, 0) is 24.3 Å². The van der Waals surface area contributed by atoms with Gasteiger partial charge < -0.3 is 5.32 Å². The molecule has 0 aromatic carbocycles. The maximum atomic E-state index is 13.1. The molecule has 1 amide bonds. The van der Waals surface area contributed by atoms with Crippen LogP contribution in [0, 0.1) is 11.9 Å². The van der Waals surface area contributed by atoms with Crippen molar-refractivity contribution in [3.8, 4) is 0 Å². The molecule has 0 saturated heterocycles. The number of nitrogens with one attached hydrogen (secondary N) is 1. The summed E-state index contributed by atoms with van der Waals surface area (Å²) in [6.45, 7) is 0. The van der Waals surface area contributed by atoms with E-state index in [0.717, 1.165) is 12.1 Å². The van der Waals surface area contributed by atoms with Gasteiger partial charge in [0.05, 0.1) is 11.3 Å². The molecule has 2 rings (SSSR count). The number of hydrogen-bond donors (Lipinski definition) is 1. The highest BCUT2D eigenvalue weighted by Crippen LogP contribution is 2.12. The van der Waals surface area contributed by atoms with Gasteiger partial charge in [0.25, 0.3) is 5.91 Å². The molecular formula is C11H7F2N3O. The molecule has 6 heteroatoms. The Kier molecular flexibility index (Phi) is 3.04. The van der Waals surface area contributed by atoms with Gasteiger partial charge in [0.15, 0.2) is 0 Å². The molecule has 2 aromatic rings. The van der Waals surface area contributed by atoms with E-state index >= 15 is 0 Å². The second-order valence-corrected chi connectivity index (χ2v) is 3.17. The molecule has 2 heterocycles. The first-order valence-corrected chi connectivity index (χ1v) is 4.70. The Labute approximate surface area is 95.3 Å². The van der Waals surface area contributed by atoms with Gasteiger partial charge in [0.1, 0.15) is 0 Å². The molecule has 2 aromatic heterocycles. The first kappa shape index (κ1) is 11.1. The Morgan fingerprint density at radius 2 is 2.06 bits per heavy atom. The second-order valence-electron chi connectivity index (χ2n) is 3.17. The smallest absolute Gasteiger partial charge is 0.257 e. The number of carbonyl (C=O) groups excluding carboxylic acids is 1. The van der Waals surface area contributed by atoms with Crippen molar-refractivity contribution in [3.05, 3.63) is 54.1 Å². The van der Waals surface area contributed by atoms with Gasteiger partial charge in [-0.15, -0.1) is 0 Å². The van der Waals surface area contributed by atoms with E-state index in [1.807, 2.05) is 0 Å². The minimum Gasteiger partial charge on any atom is -0.318 e. The molecule has 0 aliphatic rings. The van der Waals surface area contributed by atoms with Gasteiger partial charge in [0.2, 0.25) is 11.9 Å². The van der Waals surface area contributed by atoms with Crippen LogP contribution in [-0.4, -0.2) is 15.9 Å². The molecule has 1 N–H and O–H groups in total. The number of hydrogen-bond acceptors (Lipinski definition) is 3. The Morgan fingerprint density at radius 3 is 2.71 bits per heavy atom. The highest BCUT2D eigenvalue weighted by molar-refractivity contribution is 6.03. The first-order valence-electron chi connectivity index (χ1n) is 4.70. The van der Waals surface area contributed by atoms with Crippen molar-refractivity contribution in [2.45, 2.75) is 0 Å². The van der Waals surface area contributed by atoms with Crippen LogP contribution in [0.4, 0.5) is 14.5 Å². The fourth-order valence-corrected chi connectivity index (χ4v) is 1.20. The fourth-order valence-electron chi connectivity index (χ4n) is 1.20. The van der Waals surface area contributed by atoms with E-state index in [1.54, 1.807) is 6.07 Å². The quantitative estimate of drug-likeness (QED) is 0.810. The fraction of sp³-hybridized carbons (Fsp3) is 0. The summed E-state index contributed by atoms with van der Waals surface area (Å²) in [5.41, 5.74) is 0.0940. The molecule has 0 aliphatic carbocycles. The summed E-state index contributed by atoms with van der Waals surface area (Å²) in [6, 6.07) is 5.17. The average molecular weight is 235 g/mol. The summed E-state index contributed by atoms with van der Waals surface area (Å²) < 4.78 is 25.7. The molecule has 0 atom stereocenters. The molecule has 0 saturated carbocycles. The molecule has 17 heavy (non-hydrogen) atoms. The van der Waals surface area contributed by atoms with Crippen LogP contribution in [0.2, 0.25) is 0 Å². The first-order chi connectivity index (χ1) is 8.16. The van der Waals surface area contributed by atoms with Gasteiger partial charge >= 0.3 is 0 Å². The Hall–Kier alpha value is -2.37. The van der Waals surface area contributed by atoms with Gasteiger partial charge in [-0.2, -0.15) is 13.8 Å². The zero-order valence-electron chi connectivity index (χ0n) is 8.52. The SMILES string of the molecule is O=C(Nc1ccc(F)nc1F)c1cccnc1. The summed E-state index contributed by atoms with van der Waals surface area (Å²) in [5, 5.41) is 2.27. The molecule has 0 radical (unpaired) electrons. The van der Waals surface area contributed by atoms with Crippen molar-refractivity contribution in [1.82, 2.24) is 9.97 Å². The Balaban J connectivity index is 2.19. The highest BCUT2D eigenvalue weighted by atomic mass is 19.1. The van der Waals surface area contributed by atoms with Crippen molar-refractivity contribution in [3.63, 3.8) is 0 Å². The van der Waals surface area contributed by atoms with Crippen LogP contribution in [-0.2, 0) is 0 Å². The lowest BCUT2D eigenvalue weighted by molar-refractivity contribution is 0.102. The zero-order valence-corrected chi connectivity index (χ0v) is 8.52. The van der Waals surface area contributed by atoms with E-state index in [2.05, 4.69) is 15.3 Å². The van der Waals surface area contributed by atoms with Crippen molar-refractivity contribution >= 4 is 11.6 Å². The Bertz CT molecular complexity index is 546. The summed E-state index contributed by atoms with van der Waals surface area (Å²) in [7, 11) is 0. The molecule has 4 nitrogen and oxygen atoms in total. The number of pyridine rings is 2. The lowest BCUT2D eigenvalue weighted by Gasteiger charge is -2.05. The minimum atomic E-state index is -1.07. The summed E-state index contributed by atoms with van der Waals surface area (Å²) in [5.74, 6) is -2.55. The molecule has 86 valence electrons. The Morgan fingerprint density at radius 1 is 1.24 bits per heavy atom. The third kappa shape index (κ3) is 2.60. The van der Waals surface area contributed by atoms with E-state index in [9.17, 15) is 13.6 Å². The van der Waals surface area contributed by atoms with E-state index < -0.39 is 17.8 Å². The van der Waals surface area contributed by atoms with E-state index in [4.69, 9.17) is 0 Å². The summed E-state index contributed by atoms with van der Waals surface area (Å²) in [4.78, 5) is 18.3. The number of halogens is 2. The van der Waals surface area contributed by atoms with Gasteiger partial charge in [-0.1, -0.05) is 0 Å². The number of aromatic nitrogens is 2. The number of amides is 1. The third-order valence-corrected chi connectivity index (χ3v) is 1.99. The lowest BCUT2D eigenvalue weighted by atomic mass is 10.2. The van der Waals surface area contributed by atoms with Crippen LogP contribution in [0.15, 0.2) is 36.7 Å². The van der Waals surface area contributed by atoms with Crippen LogP contribution in [0.25, 0.3) is 0 Å². The average Bonchev–Trinajstić information content (AvgIpc) is 2.34. The second kappa shape index (κ2) is 4.65. The third-order valence-electron chi connectivity index (χ3n) is 1.99. The van der Waals surface area contributed by atoms with Crippen LogP contribution in [0.3, 0.4) is 0 Å². The van der Waals surface area contributed by atoms with Crippen molar-refractivity contribution < 1.29 is 13.6 Å². The maximum Gasteiger partial charge on any atom is 0.257 e. The van der Waals surface area contributed by atoms with Crippen molar-refractivity contribution in [2.24, 2.45) is 0 Å². The topological polar surface area (TPSA) is 54.9 Å². The van der Waals surface area contributed by atoms with Crippen LogP contribution >= 0.6 is 0 Å². The number of nitrogens with zero attached hydrogens (tertiary/aromatic N) is 2. The van der Waals surface area contributed by atoms with Gasteiger partial charge in [-0.3, -0.25) is 9.78 Å². The normalized spacial score (nSPS) is 10.0. The van der Waals surface area contributed by atoms with Crippen molar-refractivity contribution in [1.29, 1.82) is 0 Å². The summed E-state index contributed by atoms with van der Waals surface area (Å²) in [6.07, 6.45) is 2.85. The molecule has 0 spiro atoms. The maximum absolute atomic E-state index is 13.1. The number of anilines is 1. The standard InChI is InChI=1S/C11H7F2N3O/c12-9-4-3-8(10(13)16-9)15-11(17)7-2-1-5-14-6-7/h1-6H,(H,15,17). The molecule has 0 bridgehead atoms. The predicted octanol–water partition coefficient (Wildman–Crippen LogP) is 2.01. The molecule has 0 unspecified atom stereocenters. The van der Waals surface area contributed by atoms with Crippen molar-refractivity contribution in [2.75, 3.05) is 5.32 Å². The molecule has 0 fully saturated rings. The molecule has 0 aliphatic heterocycles. The predicted molar refractivity (Wildman–Crippen MR) is 56.3 cm³/mol. The van der Waals surface area contributed by atoms with E-state index in [-0.39, 0.29) is 11.3 Å².